The van der Waals surface area contributed by atoms with Crippen molar-refractivity contribution in [1.29, 1.82) is 0 Å². The predicted molar refractivity (Wildman–Crippen MR) is 102 cm³/mol. The van der Waals surface area contributed by atoms with Crippen molar-refractivity contribution in [2.45, 2.75) is 31.3 Å². The molecule has 26 heavy (non-hydrogen) atoms. The lowest BCUT2D eigenvalue weighted by atomic mass is 9.98. The van der Waals surface area contributed by atoms with Gasteiger partial charge in [-0.2, -0.15) is 0 Å². The van der Waals surface area contributed by atoms with E-state index in [4.69, 9.17) is 15.6 Å². The molecule has 1 aliphatic carbocycles. The van der Waals surface area contributed by atoms with Crippen LogP contribution in [0.4, 0.5) is 4.79 Å². The minimum atomic E-state index is -0.252. The monoisotopic (exact) mass is 354 g/mol. The summed E-state index contributed by atoms with van der Waals surface area (Å²) in [5.74, 6) is 0.105. The summed E-state index contributed by atoms with van der Waals surface area (Å²) in [4.78, 5) is 14.2. The number of carbonyl (C=O) groups is 1. The Hall–Kier alpha value is -2.37. The maximum atomic E-state index is 12.4. The number of aliphatic hydroxyl groups excluding tert-OH is 1. The number of carbonyl (C=O) groups excluding carboxylic acids is 1. The zero-order chi connectivity index (χ0) is 18.7. The van der Waals surface area contributed by atoms with Crippen LogP contribution in [0.1, 0.15) is 30.4 Å². The first-order valence-corrected chi connectivity index (χ1v) is 8.97. The molecule has 0 radical (unpaired) electrons. The minimum Gasteiger partial charge on any atom is -0.448 e. The van der Waals surface area contributed by atoms with Gasteiger partial charge in [0.1, 0.15) is 6.61 Å². The highest BCUT2D eigenvalue weighted by atomic mass is 16.6. The Morgan fingerprint density at radius 1 is 1.12 bits per heavy atom. The molecule has 0 spiro atoms. The van der Waals surface area contributed by atoms with Crippen molar-refractivity contribution in [3.63, 3.8) is 0 Å². The summed E-state index contributed by atoms with van der Waals surface area (Å²) in [5.41, 5.74) is 10.9. The zero-order valence-corrected chi connectivity index (χ0v) is 15.3. The van der Waals surface area contributed by atoms with Gasteiger partial charge in [0.05, 0.1) is 0 Å². The Morgan fingerprint density at radius 2 is 1.65 bits per heavy atom. The van der Waals surface area contributed by atoms with Gasteiger partial charge in [-0.25, -0.2) is 4.79 Å². The summed E-state index contributed by atoms with van der Waals surface area (Å²) >= 11 is 0. The van der Waals surface area contributed by atoms with Crippen molar-refractivity contribution in [3.8, 4) is 11.1 Å². The van der Waals surface area contributed by atoms with E-state index in [0.717, 1.165) is 13.5 Å². The maximum absolute atomic E-state index is 12.4. The number of ether oxygens (including phenoxy) is 1. The molecule has 0 bridgehead atoms. The number of rotatable bonds is 2. The fourth-order valence-corrected chi connectivity index (χ4v) is 4.00. The summed E-state index contributed by atoms with van der Waals surface area (Å²) in [5, 5.41) is 7.00. The molecule has 5 nitrogen and oxygen atoms in total. The number of hydrogen-bond acceptors (Lipinski definition) is 4. The van der Waals surface area contributed by atoms with Gasteiger partial charge in [-0.05, 0) is 35.6 Å². The first-order chi connectivity index (χ1) is 12.6. The molecule has 2 aliphatic rings. The van der Waals surface area contributed by atoms with Crippen LogP contribution in [0.15, 0.2) is 48.5 Å². The maximum Gasteiger partial charge on any atom is 0.410 e. The molecule has 138 valence electrons. The Labute approximate surface area is 154 Å². The molecule has 0 saturated carbocycles. The number of fused-ring (bicyclic) bond motifs is 3. The molecule has 2 unspecified atom stereocenters. The molecule has 1 saturated heterocycles. The number of benzene rings is 2. The topological polar surface area (TPSA) is 75.8 Å². The van der Waals surface area contributed by atoms with Gasteiger partial charge >= 0.3 is 6.09 Å². The smallest absolute Gasteiger partial charge is 0.410 e. The molecule has 0 aromatic heterocycles. The average molecular weight is 354 g/mol. The van der Waals surface area contributed by atoms with Crippen LogP contribution in [0, 0.1) is 0 Å². The number of likely N-dealkylation sites (tertiary alicyclic amines) is 1. The summed E-state index contributed by atoms with van der Waals surface area (Å²) in [6.45, 7) is 2.97. The van der Waals surface area contributed by atoms with Crippen molar-refractivity contribution >= 4 is 6.09 Å². The number of amides is 1. The van der Waals surface area contributed by atoms with Crippen LogP contribution >= 0.6 is 0 Å². The number of nitrogens with two attached hydrogens (primary N) is 1. The number of aliphatic hydroxyl groups is 1. The molecular weight excluding hydrogens is 328 g/mol. The second kappa shape index (κ2) is 7.89. The van der Waals surface area contributed by atoms with E-state index in [0.29, 0.717) is 13.2 Å². The normalized spacial score (nSPS) is 20.8. The first kappa shape index (κ1) is 18.4. The van der Waals surface area contributed by atoms with E-state index in [1.807, 2.05) is 19.1 Å². The van der Waals surface area contributed by atoms with Gasteiger partial charge in [-0.3, -0.25) is 0 Å². The molecule has 2 atom stereocenters. The van der Waals surface area contributed by atoms with Crippen LogP contribution in [0.2, 0.25) is 0 Å². The van der Waals surface area contributed by atoms with Crippen LogP contribution < -0.4 is 5.73 Å². The van der Waals surface area contributed by atoms with Crippen molar-refractivity contribution in [2.75, 3.05) is 20.3 Å². The average Bonchev–Trinajstić information content (AvgIpc) is 3.18. The fraction of sp³-hybridized carbons (Fsp3) is 0.381. The molecule has 1 heterocycles. The molecule has 1 fully saturated rings. The molecule has 2 aromatic carbocycles. The number of nitrogens with zero attached hydrogens (tertiary/aromatic N) is 1. The lowest BCUT2D eigenvalue weighted by Gasteiger charge is -2.22. The van der Waals surface area contributed by atoms with E-state index in [1.165, 1.54) is 22.3 Å². The Morgan fingerprint density at radius 3 is 2.15 bits per heavy atom. The SMILES string of the molecule is CC1CC(N)CN1C(=O)OCC1c2ccccc2-c2ccccc21.CO. The van der Waals surface area contributed by atoms with Gasteiger partial charge in [-0.1, -0.05) is 48.5 Å². The van der Waals surface area contributed by atoms with Crippen LogP contribution in [0.25, 0.3) is 11.1 Å². The fourth-order valence-electron chi connectivity index (χ4n) is 4.00. The minimum absolute atomic E-state index is 0.0560. The molecule has 4 rings (SSSR count). The number of hydrogen-bond donors (Lipinski definition) is 2. The third kappa shape index (κ3) is 3.32. The van der Waals surface area contributed by atoms with E-state index in [9.17, 15) is 4.79 Å². The zero-order valence-electron chi connectivity index (χ0n) is 15.3. The van der Waals surface area contributed by atoms with Crippen molar-refractivity contribution in [3.05, 3.63) is 59.7 Å². The van der Waals surface area contributed by atoms with Gasteiger partial charge < -0.3 is 20.5 Å². The van der Waals surface area contributed by atoms with Crippen molar-refractivity contribution in [1.82, 2.24) is 4.90 Å². The van der Waals surface area contributed by atoms with Gasteiger partial charge in [0.15, 0.2) is 0 Å². The summed E-state index contributed by atoms with van der Waals surface area (Å²) < 4.78 is 5.67. The quantitative estimate of drug-likeness (QED) is 0.869. The van der Waals surface area contributed by atoms with Crippen molar-refractivity contribution < 1.29 is 14.6 Å². The van der Waals surface area contributed by atoms with Gasteiger partial charge in [0.25, 0.3) is 0 Å². The first-order valence-electron chi connectivity index (χ1n) is 8.97. The second-order valence-corrected chi connectivity index (χ2v) is 6.80. The Bertz CT molecular complexity index is 732. The molecule has 1 amide bonds. The van der Waals surface area contributed by atoms with E-state index in [-0.39, 0.29) is 24.1 Å². The Balaban J connectivity index is 0.000000948. The van der Waals surface area contributed by atoms with E-state index < -0.39 is 0 Å². The summed E-state index contributed by atoms with van der Waals surface area (Å²) in [7, 11) is 1.00. The Kier molecular flexibility index (Phi) is 5.59. The van der Waals surface area contributed by atoms with Crippen LogP contribution in [-0.4, -0.2) is 48.4 Å². The van der Waals surface area contributed by atoms with Gasteiger partial charge in [-0.15, -0.1) is 0 Å². The van der Waals surface area contributed by atoms with Gasteiger partial charge in [0.2, 0.25) is 0 Å². The third-order valence-corrected chi connectivity index (χ3v) is 5.18. The van der Waals surface area contributed by atoms with Crippen LogP contribution in [0.3, 0.4) is 0 Å². The van der Waals surface area contributed by atoms with E-state index in [1.54, 1.807) is 4.90 Å². The largest absolute Gasteiger partial charge is 0.448 e. The highest BCUT2D eigenvalue weighted by molar-refractivity contribution is 5.79. The van der Waals surface area contributed by atoms with Crippen molar-refractivity contribution in [2.24, 2.45) is 5.73 Å². The standard InChI is InChI=1S/C20H22N2O2.CH4O/c1-13-10-14(21)11-22(13)20(23)24-12-19-17-8-4-2-6-15(17)16-7-3-5-9-18(16)19;1-2/h2-9,13-14,19H,10-12,21H2,1H3;2H,1H3. The van der Waals surface area contributed by atoms with Gasteiger partial charge in [0, 0.05) is 31.7 Å². The molecule has 3 N–H and O–H groups in total. The molecule has 2 aromatic rings. The lowest BCUT2D eigenvalue weighted by Crippen LogP contribution is -2.36. The highest BCUT2D eigenvalue weighted by Crippen LogP contribution is 2.44. The molecule has 1 aliphatic heterocycles. The molecular formula is C21H26N2O3. The molecule has 5 heteroatoms. The van der Waals surface area contributed by atoms with E-state index in [2.05, 4.69) is 36.4 Å². The van der Waals surface area contributed by atoms with Crippen LogP contribution in [0.5, 0.6) is 0 Å². The second-order valence-electron chi connectivity index (χ2n) is 6.80. The third-order valence-electron chi connectivity index (χ3n) is 5.18. The predicted octanol–water partition coefficient (Wildman–Crippen LogP) is 2.97. The summed E-state index contributed by atoms with van der Waals surface area (Å²) in [6.07, 6.45) is 0.585. The summed E-state index contributed by atoms with van der Waals surface area (Å²) in [6, 6.07) is 16.9. The van der Waals surface area contributed by atoms with E-state index >= 15 is 0 Å². The lowest BCUT2D eigenvalue weighted by molar-refractivity contribution is 0.0977. The highest BCUT2D eigenvalue weighted by Gasteiger charge is 2.33. The van der Waals surface area contributed by atoms with Crippen LogP contribution in [-0.2, 0) is 4.74 Å².